The highest BCUT2D eigenvalue weighted by molar-refractivity contribution is 9.10. The third-order valence-electron chi connectivity index (χ3n) is 5.67. The van der Waals surface area contributed by atoms with Crippen molar-refractivity contribution in [3.8, 4) is 11.5 Å². The smallest absolute Gasteiger partial charge is 0.244 e. The molecule has 0 saturated carbocycles. The van der Waals surface area contributed by atoms with Gasteiger partial charge in [0.25, 0.3) is 0 Å². The van der Waals surface area contributed by atoms with Crippen LogP contribution in [0.3, 0.4) is 0 Å². The lowest BCUT2D eigenvalue weighted by molar-refractivity contribution is -0.159. The predicted molar refractivity (Wildman–Crippen MR) is 107 cm³/mol. The first kappa shape index (κ1) is 19.3. The van der Waals surface area contributed by atoms with E-state index in [1.807, 2.05) is 6.92 Å². The number of fused-ring (bicyclic) bond motifs is 4. The van der Waals surface area contributed by atoms with Crippen LogP contribution < -0.4 is 9.47 Å². The fourth-order valence-electron chi connectivity index (χ4n) is 4.02. The summed E-state index contributed by atoms with van der Waals surface area (Å²) in [4.78, 5) is 14.8. The molecule has 4 rings (SSSR count). The van der Waals surface area contributed by atoms with Crippen molar-refractivity contribution in [3.05, 3.63) is 52.5 Å². The Morgan fingerprint density at radius 3 is 2.54 bits per heavy atom. The maximum absolute atomic E-state index is 13.5. The molecule has 0 radical (unpaired) electrons. The number of hydrogen-bond acceptors (Lipinski definition) is 5. The van der Waals surface area contributed by atoms with Crippen molar-refractivity contribution in [2.45, 2.75) is 35.1 Å². The van der Waals surface area contributed by atoms with Crippen molar-refractivity contribution in [2.75, 3.05) is 14.2 Å². The van der Waals surface area contributed by atoms with E-state index >= 15 is 0 Å². The molecule has 6 nitrogen and oxygen atoms in total. The van der Waals surface area contributed by atoms with Crippen molar-refractivity contribution >= 4 is 31.7 Å². The van der Waals surface area contributed by atoms with Crippen LogP contribution in [0.2, 0.25) is 0 Å². The van der Waals surface area contributed by atoms with Crippen LogP contribution in [-0.4, -0.2) is 44.4 Å². The molecule has 0 N–H and O–H groups in total. The molecular weight excluding hydrogens is 446 g/mol. The van der Waals surface area contributed by atoms with E-state index < -0.39 is 32.6 Å². The van der Waals surface area contributed by atoms with Crippen LogP contribution in [-0.2, 0) is 14.6 Å². The molecule has 1 saturated heterocycles. The van der Waals surface area contributed by atoms with E-state index in [1.54, 1.807) is 44.5 Å². The van der Waals surface area contributed by atoms with Crippen LogP contribution in [0.1, 0.15) is 24.8 Å². The number of benzene rings is 2. The zero-order chi connectivity index (χ0) is 20.3. The number of likely N-dealkylation sites (tertiary alicyclic amines) is 1. The highest BCUT2D eigenvalue weighted by Crippen LogP contribution is 2.50. The Kier molecular flexibility index (Phi) is 4.46. The Balaban J connectivity index is 1.89. The number of ether oxygens (including phenoxy) is 2. The predicted octanol–water partition coefficient (Wildman–Crippen LogP) is 3.35. The SMILES string of the molecule is COc1ccc2c(c1)C1CC(C)(O2)N(C)C(=O)C1S(=O)(=O)c1ccc(Br)cc1. The monoisotopic (exact) mass is 465 g/mol. The van der Waals surface area contributed by atoms with Gasteiger partial charge in [0.2, 0.25) is 5.91 Å². The minimum absolute atomic E-state index is 0.127. The number of sulfone groups is 1. The molecule has 1 fully saturated rings. The Morgan fingerprint density at radius 1 is 1.21 bits per heavy atom. The first-order valence-electron chi connectivity index (χ1n) is 8.81. The zero-order valence-corrected chi connectivity index (χ0v) is 18.1. The standard InChI is InChI=1S/C20H20BrNO5S/c1-20-11-16(15-10-13(26-3)6-9-17(15)27-20)18(19(23)22(20)2)28(24,25)14-7-4-12(21)5-8-14/h4-10,16,18H,11H2,1-3H3. The van der Waals surface area contributed by atoms with Gasteiger partial charge in [0.15, 0.2) is 20.8 Å². The Labute approximate surface area is 172 Å². The summed E-state index contributed by atoms with van der Waals surface area (Å²) in [5.74, 6) is 0.184. The van der Waals surface area contributed by atoms with Gasteiger partial charge in [-0.3, -0.25) is 4.79 Å². The zero-order valence-electron chi connectivity index (χ0n) is 15.7. The molecule has 3 atom stereocenters. The number of methoxy groups -OCH3 is 1. The molecule has 148 valence electrons. The molecule has 2 bridgehead atoms. The van der Waals surface area contributed by atoms with Gasteiger partial charge in [0.1, 0.15) is 11.5 Å². The lowest BCUT2D eigenvalue weighted by Gasteiger charge is -2.51. The van der Waals surface area contributed by atoms with Gasteiger partial charge in [-0.05, 0) is 49.4 Å². The van der Waals surface area contributed by atoms with Crippen LogP contribution in [0.5, 0.6) is 11.5 Å². The van der Waals surface area contributed by atoms with Gasteiger partial charge in [0.05, 0.1) is 12.0 Å². The number of rotatable bonds is 3. The molecule has 1 amide bonds. The molecule has 2 aromatic rings. The number of carbonyl (C=O) groups is 1. The normalized spacial score (nSPS) is 26.4. The average molecular weight is 466 g/mol. The second-order valence-electron chi connectivity index (χ2n) is 7.31. The van der Waals surface area contributed by atoms with Crippen molar-refractivity contribution < 1.29 is 22.7 Å². The van der Waals surface area contributed by atoms with E-state index in [0.29, 0.717) is 23.5 Å². The van der Waals surface area contributed by atoms with Gasteiger partial charge < -0.3 is 14.4 Å². The fraction of sp³-hybridized carbons (Fsp3) is 0.350. The minimum atomic E-state index is -3.91. The highest BCUT2D eigenvalue weighted by atomic mass is 79.9. The number of nitrogens with zero attached hydrogens (tertiary/aromatic N) is 1. The van der Waals surface area contributed by atoms with Crippen molar-refractivity contribution in [3.63, 3.8) is 0 Å². The molecule has 2 aliphatic rings. The molecule has 2 aliphatic heterocycles. The average Bonchev–Trinajstić information content (AvgIpc) is 2.66. The third-order valence-corrected chi connectivity index (χ3v) is 8.33. The summed E-state index contributed by atoms with van der Waals surface area (Å²) in [6.45, 7) is 1.81. The quantitative estimate of drug-likeness (QED) is 0.694. The highest BCUT2D eigenvalue weighted by Gasteiger charge is 2.57. The molecule has 0 aromatic heterocycles. The van der Waals surface area contributed by atoms with Gasteiger partial charge >= 0.3 is 0 Å². The number of amides is 1. The maximum Gasteiger partial charge on any atom is 0.244 e. The first-order valence-corrected chi connectivity index (χ1v) is 11.2. The summed E-state index contributed by atoms with van der Waals surface area (Å²) in [7, 11) is -0.768. The Morgan fingerprint density at radius 2 is 1.89 bits per heavy atom. The number of carbonyl (C=O) groups excluding carboxylic acids is 1. The van der Waals surface area contributed by atoms with E-state index in [4.69, 9.17) is 9.47 Å². The van der Waals surface area contributed by atoms with E-state index in [0.717, 1.165) is 4.47 Å². The Bertz CT molecular complexity index is 1050. The van der Waals surface area contributed by atoms with Crippen LogP contribution in [0.25, 0.3) is 0 Å². The molecular formula is C20H20BrNO5S. The maximum atomic E-state index is 13.5. The second kappa shape index (κ2) is 6.49. The molecule has 2 aromatic carbocycles. The second-order valence-corrected chi connectivity index (χ2v) is 10.3. The van der Waals surface area contributed by atoms with Crippen LogP contribution >= 0.6 is 15.9 Å². The van der Waals surface area contributed by atoms with Gasteiger partial charge in [-0.1, -0.05) is 15.9 Å². The van der Waals surface area contributed by atoms with Crippen molar-refractivity contribution in [1.29, 1.82) is 0 Å². The van der Waals surface area contributed by atoms with Gasteiger partial charge in [-0.25, -0.2) is 8.42 Å². The largest absolute Gasteiger partial charge is 0.497 e. The Hall–Kier alpha value is -2.06. The van der Waals surface area contributed by atoms with E-state index in [9.17, 15) is 13.2 Å². The van der Waals surface area contributed by atoms with Gasteiger partial charge in [0, 0.05) is 29.4 Å². The lowest BCUT2D eigenvalue weighted by atomic mass is 9.80. The van der Waals surface area contributed by atoms with Crippen molar-refractivity contribution in [2.24, 2.45) is 0 Å². The summed E-state index contributed by atoms with van der Waals surface area (Å²) in [6.07, 6.45) is 0.385. The van der Waals surface area contributed by atoms with Gasteiger partial charge in [-0.15, -0.1) is 0 Å². The number of piperidine rings is 1. The molecule has 28 heavy (non-hydrogen) atoms. The van der Waals surface area contributed by atoms with Crippen LogP contribution in [0.15, 0.2) is 51.8 Å². The summed E-state index contributed by atoms with van der Waals surface area (Å²) < 4.78 is 39.2. The lowest BCUT2D eigenvalue weighted by Crippen LogP contribution is -2.64. The summed E-state index contributed by atoms with van der Waals surface area (Å²) >= 11 is 3.32. The van der Waals surface area contributed by atoms with E-state index in [2.05, 4.69) is 15.9 Å². The summed E-state index contributed by atoms with van der Waals surface area (Å²) in [6, 6.07) is 11.7. The minimum Gasteiger partial charge on any atom is -0.497 e. The molecule has 0 spiro atoms. The summed E-state index contributed by atoms with van der Waals surface area (Å²) in [5.41, 5.74) is -0.210. The molecule has 2 heterocycles. The molecule has 0 aliphatic carbocycles. The van der Waals surface area contributed by atoms with Crippen molar-refractivity contribution in [1.82, 2.24) is 4.90 Å². The van der Waals surface area contributed by atoms with Crippen LogP contribution in [0.4, 0.5) is 0 Å². The molecule has 3 unspecified atom stereocenters. The third kappa shape index (κ3) is 2.81. The van der Waals surface area contributed by atoms with E-state index in [-0.39, 0.29) is 4.90 Å². The van der Waals surface area contributed by atoms with Crippen LogP contribution in [0, 0.1) is 0 Å². The first-order chi connectivity index (χ1) is 13.2. The fourth-order valence-corrected chi connectivity index (χ4v) is 6.20. The summed E-state index contributed by atoms with van der Waals surface area (Å²) in [5, 5.41) is -1.22. The number of halogens is 1. The molecule has 8 heteroatoms. The van der Waals surface area contributed by atoms with Gasteiger partial charge in [-0.2, -0.15) is 0 Å². The number of hydrogen-bond donors (Lipinski definition) is 0. The topological polar surface area (TPSA) is 72.9 Å². The van der Waals surface area contributed by atoms with E-state index in [1.165, 1.54) is 17.0 Å².